The Morgan fingerprint density at radius 1 is 1.38 bits per heavy atom. The molecule has 4 nitrogen and oxygen atoms in total. The zero-order chi connectivity index (χ0) is 15.1. The highest BCUT2D eigenvalue weighted by molar-refractivity contribution is 5.74. The number of nitrogens with zero attached hydrogens (tertiary/aromatic N) is 2. The van der Waals surface area contributed by atoms with Crippen LogP contribution in [0.4, 0.5) is 4.79 Å². The zero-order valence-corrected chi connectivity index (χ0v) is 12.8. The standard InChI is InChI=1S/C17H25N3O/c1-3-11-20(16-9-12-19(2)13-10-16)17(21)18-14-15-7-5-4-6-8-15/h3-8,16H,1,9-14H2,2H3,(H,18,21). The van der Waals surface area contributed by atoms with Gasteiger partial charge in [-0.15, -0.1) is 6.58 Å². The van der Waals surface area contributed by atoms with E-state index in [4.69, 9.17) is 0 Å². The summed E-state index contributed by atoms with van der Waals surface area (Å²) in [5.41, 5.74) is 1.12. The van der Waals surface area contributed by atoms with E-state index in [2.05, 4.69) is 23.8 Å². The second kappa shape index (κ2) is 7.84. The Balaban J connectivity index is 1.90. The van der Waals surface area contributed by atoms with Crippen LogP contribution >= 0.6 is 0 Å². The highest BCUT2D eigenvalue weighted by Gasteiger charge is 2.25. The van der Waals surface area contributed by atoms with E-state index in [0.717, 1.165) is 31.5 Å². The van der Waals surface area contributed by atoms with Crippen LogP contribution in [0, 0.1) is 0 Å². The molecule has 1 aliphatic heterocycles. The van der Waals surface area contributed by atoms with Gasteiger partial charge in [-0.25, -0.2) is 4.79 Å². The second-order valence-electron chi connectivity index (χ2n) is 5.62. The highest BCUT2D eigenvalue weighted by Crippen LogP contribution is 2.15. The molecule has 0 unspecified atom stereocenters. The van der Waals surface area contributed by atoms with Gasteiger partial charge in [-0.3, -0.25) is 0 Å². The van der Waals surface area contributed by atoms with Gasteiger partial charge in [-0.05, 0) is 38.5 Å². The lowest BCUT2D eigenvalue weighted by Gasteiger charge is -2.36. The molecule has 2 rings (SSSR count). The van der Waals surface area contributed by atoms with Crippen LogP contribution in [0.2, 0.25) is 0 Å². The van der Waals surface area contributed by atoms with Gasteiger partial charge in [0.1, 0.15) is 0 Å². The number of piperidine rings is 1. The van der Waals surface area contributed by atoms with Crippen molar-refractivity contribution in [3.8, 4) is 0 Å². The molecule has 0 atom stereocenters. The fraction of sp³-hybridized carbons (Fsp3) is 0.471. The highest BCUT2D eigenvalue weighted by atomic mass is 16.2. The fourth-order valence-electron chi connectivity index (χ4n) is 2.72. The third-order valence-electron chi connectivity index (χ3n) is 4.00. The molecule has 1 N–H and O–H groups in total. The van der Waals surface area contributed by atoms with Crippen molar-refractivity contribution in [2.75, 3.05) is 26.7 Å². The molecule has 0 bridgehead atoms. The Kier molecular flexibility index (Phi) is 5.81. The minimum Gasteiger partial charge on any atom is -0.334 e. The van der Waals surface area contributed by atoms with Crippen molar-refractivity contribution in [2.24, 2.45) is 0 Å². The molecule has 0 aromatic heterocycles. The van der Waals surface area contributed by atoms with Crippen LogP contribution in [-0.4, -0.2) is 48.6 Å². The maximum atomic E-state index is 12.4. The van der Waals surface area contributed by atoms with Crippen LogP contribution in [0.25, 0.3) is 0 Å². The molecule has 0 spiro atoms. The van der Waals surface area contributed by atoms with Gasteiger partial charge < -0.3 is 15.1 Å². The number of nitrogens with one attached hydrogen (secondary N) is 1. The minimum absolute atomic E-state index is 0.00769. The van der Waals surface area contributed by atoms with Gasteiger partial charge in [-0.1, -0.05) is 36.4 Å². The van der Waals surface area contributed by atoms with Crippen molar-refractivity contribution < 1.29 is 4.79 Å². The van der Waals surface area contributed by atoms with Crippen molar-refractivity contribution in [1.29, 1.82) is 0 Å². The maximum absolute atomic E-state index is 12.4. The van der Waals surface area contributed by atoms with Crippen molar-refractivity contribution in [3.63, 3.8) is 0 Å². The molecule has 1 aromatic rings. The molecule has 0 saturated carbocycles. The van der Waals surface area contributed by atoms with Gasteiger partial charge >= 0.3 is 6.03 Å². The number of likely N-dealkylation sites (tertiary alicyclic amines) is 1. The molecule has 1 heterocycles. The Bertz CT molecular complexity index is 452. The average molecular weight is 287 g/mol. The van der Waals surface area contributed by atoms with Crippen LogP contribution in [0.5, 0.6) is 0 Å². The Morgan fingerprint density at radius 2 is 2.05 bits per heavy atom. The van der Waals surface area contributed by atoms with Gasteiger partial charge in [0.15, 0.2) is 0 Å². The molecule has 1 aliphatic rings. The number of rotatable bonds is 5. The number of carbonyl (C=O) groups is 1. The molecule has 1 aromatic carbocycles. The van der Waals surface area contributed by atoms with E-state index in [1.54, 1.807) is 6.08 Å². The third kappa shape index (κ3) is 4.60. The molecule has 1 fully saturated rings. The monoisotopic (exact) mass is 287 g/mol. The third-order valence-corrected chi connectivity index (χ3v) is 4.00. The molecular formula is C17H25N3O. The normalized spacial score (nSPS) is 16.4. The van der Waals surface area contributed by atoms with Crippen molar-refractivity contribution >= 4 is 6.03 Å². The smallest absolute Gasteiger partial charge is 0.318 e. The van der Waals surface area contributed by atoms with E-state index < -0.39 is 0 Å². The van der Waals surface area contributed by atoms with Crippen LogP contribution < -0.4 is 5.32 Å². The summed E-state index contributed by atoms with van der Waals surface area (Å²) in [6.45, 7) is 7.05. The van der Waals surface area contributed by atoms with Gasteiger partial charge in [0, 0.05) is 19.1 Å². The van der Waals surface area contributed by atoms with Crippen LogP contribution in [-0.2, 0) is 6.54 Å². The Labute approximate surface area is 127 Å². The summed E-state index contributed by atoms with van der Waals surface area (Å²) in [4.78, 5) is 16.7. The lowest BCUT2D eigenvalue weighted by Crippen LogP contribution is -2.50. The zero-order valence-electron chi connectivity index (χ0n) is 12.8. The molecule has 0 aliphatic carbocycles. The lowest BCUT2D eigenvalue weighted by molar-refractivity contribution is 0.139. The summed E-state index contributed by atoms with van der Waals surface area (Å²) in [6, 6.07) is 10.3. The number of urea groups is 1. The lowest BCUT2D eigenvalue weighted by atomic mass is 10.0. The van der Waals surface area contributed by atoms with Gasteiger partial charge in [-0.2, -0.15) is 0 Å². The predicted octanol–water partition coefficient (Wildman–Crippen LogP) is 2.48. The maximum Gasteiger partial charge on any atom is 0.318 e. The summed E-state index contributed by atoms with van der Waals surface area (Å²) >= 11 is 0. The molecule has 4 heteroatoms. The van der Waals surface area contributed by atoms with Crippen LogP contribution in [0.15, 0.2) is 43.0 Å². The first-order chi connectivity index (χ1) is 10.2. The topological polar surface area (TPSA) is 35.6 Å². The quantitative estimate of drug-likeness (QED) is 0.845. The summed E-state index contributed by atoms with van der Waals surface area (Å²) in [5, 5.41) is 3.02. The van der Waals surface area contributed by atoms with Gasteiger partial charge in [0.05, 0.1) is 0 Å². The van der Waals surface area contributed by atoms with E-state index in [9.17, 15) is 4.79 Å². The van der Waals surface area contributed by atoms with E-state index >= 15 is 0 Å². The molecule has 114 valence electrons. The summed E-state index contributed by atoms with van der Waals surface area (Å²) in [6.07, 6.45) is 3.87. The SMILES string of the molecule is C=CCN(C(=O)NCc1ccccc1)C1CCN(C)CC1. The predicted molar refractivity (Wildman–Crippen MR) is 86.1 cm³/mol. The average Bonchev–Trinajstić information content (AvgIpc) is 2.52. The first kappa shape index (κ1) is 15.6. The molecular weight excluding hydrogens is 262 g/mol. The summed E-state index contributed by atoms with van der Waals surface area (Å²) in [5.74, 6) is 0. The summed E-state index contributed by atoms with van der Waals surface area (Å²) in [7, 11) is 2.13. The number of carbonyl (C=O) groups excluding carboxylic acids is 1. The van der Waals surface area contributed by atoms with E-state index in [0.29, 0.717) is 19.1 Å². The molecule has 2 amide bonds. The van der Waals surface area contributed by atoms with Crippen molar-refractivity contribution in [2.45, 2.75) is 25.4 Å². The molecule has 1 saturated heterocycles. The fourth-order valence-corrected chi connectivity index (χ4v) is 2.72. The van der Waals surface area contributed by atoms with E-state index in [1.807, 2.05) is 35.2 Å². The van der Waals surface area contributed by atoms with E-state index in [1.165, 1.54) is 0 Å². The number of amides is 2. The van der Waals surface area contributed by atoms with Gasteiger partial charge in [0.25, 0.3) is 0 Å². The minimum atomic E-state index is 0.00769. The summed E-state index contributed by atoms with van der Waals surface area (Å²) < 4.78 is 0. The van der Waals surface area contributed by atoms with Crippen molar-refractivity contribution in [1.82, 2.24) is 15.1 Å². The number of benzene rings is 1. The van der Waals surface area contributed by atoms with Crippen LogP contribution in [0.3, 0.4) is 0 Å². The van der Waals surface area contributed by atoms with Crippen LogP contribution in [0.1, 0.15) is 18.4 Å². The second-order valence-corrected chi connectivity index (χ2v) is 5.62. The first-order valence-corrected chi connectivity index (χ1v) is 7.58. The van der Waals surface area contributed by atoms with E-state index in [-0.39, 0.29) is 6.03 Å². The largest absolute Gasteiger partial charge is 0.334 e. The Hall–Kier alpha value is -1.81. The Morgan fingerprint density at radius 3 is 2.67 bits per heavy atom. The van der Waals surface area contributed by atoms with Gasteiger partial charge in [0.2, 0.25) is 0 Å². The molecule has 0 radical (unpaired) electrons. The number of hydrogen-bond donors (Lipinski definition) is 1. The first-order valence-electron chi connectivity index (χ1n) is 7.58. The molecule has 21 heavy (non-hydrogen) atoms. The number of hydrogen-bond acceptors (Lipinski definition) is 2. The van der Waals surface area contributed by atoms with Crippen molar-refractivity contribution in [3.05, 3.63) is 48.6 Å².